The lowest BCUT2D eigenvalue weighted by Crippen LogP contribution is -2.25. The summed E-state index contributed by atoms with van der Waals surface area (Å²) in [6.45, 7) is 2.46. The minimum absolute atomic E-state index is 0.0945. The van der Waals surface area contributed by atoms with Gasteiger partial charge in [-0.3, -0.25) is 0 Å². The van der Waals surface area contributed by atoms with Gasteiger partial charge in [0, 0.05) is 5.56 Å². The number of halogens is 2. The van der Waals surface area contributed by atoms with Gasteiger partial charge in [0.05, 0.1) is 10.6 Å². The molecule has 94 valence electrons. The van der Waals surface area contributed by atoms with E-state index in [-0.39, 0.29) is 17.8 Å². The Morgan fingerprint density at radius 2 is 2.24 bits per heavy atom. The van der Waals surface area contributed by atoms with E-state index in [0.29, 0.717) is 11.0 Å². The van der Waals surface area contributed by atoms with Crippen molar-refractivity contribution in [3.8, 4) is 5.75 Å². The lowest BCUT2D eigenvalue weighted by Gasteiger charge is -2.29. The third-order valence-corrected chi connectivity index (χ3v) is 3.85. The molecule has 1 fully saturated rings. The zero-order valence-corrected chi connectivity index (χ0v) is 11.5. The maximum Gasteiger partial charge on any atom is 0.137 e. The Labute approximate surface area is 109 Å². The molecule has 1 aliphatic carbocycles. The molecule has 1 aromatic rings. The quantitative estimate of drug-likeness (QED) is 0.922. The normalized spacial score (nSPS) is 17.6. The summed E-state index contributed by atoms with van der Waals surface area (Å²) in [5.41, 5.74) is 6.51. The fraction of sp³-hybridized carbons (Fsp3) is 0.538. The summed E-state index contributed by atoms with van der Waals surface area (Å²) in [4.78, 5) is 0. The molecule has 0 amide bonds. The van der Waals surface area contributed by atoms with Crippen molar-refractivity contribution in [1.29, 1.82) is 0 Å². The van der Waals surface area contributed by atoms with Gasteiger partial charge in [0.2, 0.25) is 0 Å². The second kappa shape index (κ2) is 5.36. The second-order valence-electron chi connectivity index (χ2n) is 4.61. The van der Waals surface area contributed by atoms with Crippen LogP contribution in [0.1, 0.15) is 37.7 Å². The number of ether oxygens (including phenoxy) is 1. The van der Waals surface area contributed by atoms with Gasteiger partial charge in [-0.25, -0.2) is 4.39 Å². The molecule has 1 aromatic carbocycles. The van der Waals surface area contributed by atoms with E-state index < -0.39 is 0 Å². The Kier molecular flexibility index (Phi) is 4.05. The number of rotatable bonds is 4. The summed E-state index contributed by atoms with van der Waals surface area (Å²) in [5.74, 6) is 0.597. The monoisotopic (exact) mass is 301 g/mol. The summed E-state index contributed by atoms with van der Waals surface area (Å²) < 4.78 is 20.0. The van der Waals surface area contributed by atoms with Crippen LogP contribution in [-0.2, 0) is 0 Å². The van der Waals surface area contributed by atoms with Gasteiger partial charge in [-0.1, -0.05) is 6.92 Å². The summed E-state index contributed by atoms with van der Waals surface area (Å²) in [6, 6.07) is 2.97. The molecule has 2 rings (SSSR count). The number of hydrogen-bond acceptors (Lipinski definition) is 2. The van der Waals surface area contributed by atoms with Crippen molar-refractivity contribution >= 4 is 15.9 Å². The molecule has 0 bridgehead atoms. The van der Waals surface area contributed by atoms with Crippen molar-refractivity contribution in [2.24, 2.45) is 5.73 Å². The molecule has 4 heteroatoms. The highest BCUT2D eigenvalue weighted by molar-refractivity contribution is 9.10. The number of nitrogens with two attached hydrogens (primary N) is 1. The molecule has 0 aliphatic heterocycles. The Hall–Kier alpha value is -0.610. The number of hydrogen-bond donors (Lipinski definition) is 1. The molecule has 0 radical (unpaired) electrons. The largest absolute Gasteiger partial charge is 0.489 e. The average molecular weight is 302 g/mol. The zero-order chi connectivity index (χ0) is 12.4. The van der Waals surface area contributed by atoms with Crippen LogP contribution in [0.5, 0.6) is 5.75 Å². The molecule has 1 aliphatic rings. The average Bonchev–Trinajstić information content (AvgIpc) is 2.23. The van der Waals surface area contributed by atoms with E-state index >= 15 is 0 Å². The molecule has 2 N–H and O–H groups in total. The van der Waals surface area contributed by atoms with Crippen molar-refractivity contribution in [2.75, 3.05) is 6.54 Å². The summed E-state index contributed by atoms with van der Waals surface area (Å²) in [6.07, 6.45) is 3.66. The lowest BCUT2D eigenvalue weighted by atomic mass is 9.95. The summed E-state index contributed by atoms with van der Waals surface area (Å²) >= 11 is 3.37. The van der Waals surface area contributed by atoms with Crippen LogP contribution in [0.4, 0.5) is 4.39 Å². The van der Waals surface area contributed by atoms with Crippen molar-refractivity contribution in [3.63, 3.8) is 0 Å². The van der Waals surface area contributed by atoms with E-state index in [1.54, 1.807) is 0 Å². The van der Waals surface area contributed by atoms with Gasteiger partial charge in [-0.2, -0.15) is 0 Å². The van der Waals surface area contributed by atoms with Gasteiger partial charge in [-0.15, -0.1) is 0 Å². The van der Waals surface area contributed by atoms with Gasteiger partial charge in [0.15, 0.2) is 0 Å². The second-order valence-corrected chi connectivity index (χ2v) is 5.47. The summed E-state index contributed by atoms with van der Waals surface area (Å²) in [7, 11) is 0. The lowest BCUT2D eigenvalue weighted by molar-refractivity contribution is 0.117. The van der Waals surface area contributed by atoms with Crippen LogP contribution in [0.25, 0.3) is 0 Å². The molecular weight excluding hydrogens is 285 g/mol. The van der Waals surface area contributed by atoms with Crippen LogP contribution in [0.15, 0.2) is 16.6 Å². The SMILES string of the molecule is CC(CN)c1cc(F)cc(Br)c1OC1CCC1. The topological polar surface area (TPSA) is 35.2 Å². The molecule has 2 nitrogen and oxygen atoms in total. The summed E-state index contributed by atoms with van der Waals surface area (Å²) in [5, 5.41) is 0. The molecular formula is C13H17BrFNO. The molecule has 1 atom stereocenters. The van der Waals surface area contributed by atoms with Crippen LogP contribution in [0, 0.1) is 5.82 Å². The van der Waals surface area contributed by atoms with Crippen LogP contribution in [0.2, 0.25) is 0 Å². The number of benzene rings is 1. The first kappa shape index (κ1) is 12.8. The van der Waals surface area contributed by atoms with Gasteiger partial charge >= 0.3 is 0 Å². The fourth-order valence-corrected chi connectivity index (χ4v) is 2.39. The Bertz CT molecular complexity index is 407. The fourth-order valence-electron chi connectivity index (χ4n) is 1.85. The van der Waals surface area contributed by atoms with Crippen LogP contribution in [0.3, 0.4) is 0 Å². The highest BCUT2D eigenvalue weighted by Crippen LogP contribution is 2.37. The molecule has 0 heterocycles. The van der Waals surface area contributed by atoms with Gasteiger partial charge in [0.1, 0.15) is 11.6 Å². The maximum absolute atomic E-state index is 13.4. The van der Waals surface area contributed by atoms with Crippen LogP contribution < -0.4 is 10.5 Å². The van der Waals surface area contributed by atoms with Crippen LogP contribution in [-0.4, -0.2) is 12.6 Å². The predicted octanol–water partition coefficient (Wildman–Crippen LogP) is 3.58. The highest BCUT2D eigenvalue weighted by Gasteiger charge is 2.23. The van der Waals surface area contributed by atoms with Gasteiger partial charge in [-0.05, 0) is 59.8 Å². The van der Waals surface area contributed by atoms with Crippen LogP contribution >= 0.6 is 15.9 Å². The molecule has 17 heavy (non-hydrogen) atoms. The Balaban J connectivity index is 2.31. The molecule has 0 saturated heterocycles. The van der Waals surface area contributed by atoms with E-state index in [9.17, 15) is 4.39 Å². The van der Waals surface area contributed by atoms with E-state index in [4.69, 9.17) is 10.5 Å². The standard InChI is InChI=1S/C13H17BrFNO/c1-8(7-16)11-5-9(15)6-12(14)13(11)17-10-3-2-4-10/h5-6,8,10H,2-4,7,16H2,1H3. The van der Waals surface area contributed by atoms with E-state index in [2.05, 4.69) is 15.9 Å². The van der Waals surface area contributed by atoms with Gasteiger partial charge in [0.25, 0.3) is 0 Å². The molecule has 0 aromatic heterocycles. The first-order valence-corrected chi connectivity index (χ1v) is 6.76. The minimum atomic E-state index is -0.256. The van der Waals surface area contributed by atoms with Crippen molar-refractivity contribution in [2.45, 2.75) is 38.2 Å². The maximum atomic E-state index is 13.4. The Morgan fingerprint density at radius 3 is 2.76 bits per heavy atom. The third-order valence-electron chi connectivity index (χ3n) is 3.26. The predicted molar refractivity (Wildman–Crippen MR) is 69.8 cm³/mol. The smallest absolute Gasteiger partial charge is 0.137 e. The molecule has 1 saturated carbocycles. The van der Waals surface area contributed by atoms with Gasteiger partial charge < -0.3 is 10.5 Å². The van der Waals surface area contributed by atoms with Crippen molar-refractivity contribution < 1.29 is 9.13 Å². The molecule has 0 spiro atoms. The van der Waals surface area contributed by atoms with E-state index in [0.717, 1.165) is 24.2 Å². The minimum Gasteiger partial charge on any atom is -0.489 e. The Morgan fingerprint density at radius 1 is 1.53 bits per heavy atom. The highest BCUT2D eigenvalue weighted by atomic mass is 79.9. The van der Waals surface area contributed by atoms with Crippen molar-refractivity contribution in [3.05, 3.63) is 28.0 Å². The van der Waals surface area contributed by atoms with Crippen molar-refractivity contribution in [1.82, 2.24) is 0 Å². The van der Waals surface area contributed by atoms with E-state index in [1.165, 1.54) is 18.6 Å². The first-order chi connectivity index (χ1) is 8.11. The molecule has 1 unspecified atom stereocenters. The zero-order valence-electron chi connectivity index (χ0n) is 9.88. The third kappa shape index (κ3) is 2.80. The first-order valence-electron chi connectivity index (χ1n) is 5.97. The van der Waals surface area contributed by atoms with E-state index in [1.807, 2.05) is 6.92 Å².